The molecule has 5 nitrogen and oxygen atoms in total. The highest BCUT2D eigenvalue weighted by molar-refractivity contribution is 5.68. The van der Waals surface area contributed by atoms with Crippen molar-refractivity contribution in [1.82, 2.24) is 4.90 Å². The number of fused-ring (bicyclic) bond motifs is 2. The Labute approximate surface area is 101 Å². The third-order valence-electron chi connectivity index (χ3n) is 3.61. The lowest BCUT2D eigenvalue weighted by Crippen LogP contribution is -2.44. The van der Waals surface area contributed by atoms with Crippen LogP contribution in [0.3, 0.4) is 0 Å². The number of methoxy groups -OCH3 is 3. The average molecular weight is 241 g/mol. The molecule has 2 aliphatic rings. The highest BCUT2D eigenvalue weighted by atomic mass is 16.7. The van der Waals surface area contributed by atoms with Gasteiger partial charge < -0.3 is 19.1 Å². The van der Waals surface area contributed by atoms with Crippen LogP contribution in [0.15, 0.2) is 12.2 Å². The first-order valence-corrected chi connectivity index (χ1v) is 5.79. The van der Waals surface area contributed by atoms with Crippen molar-refractivity contribution < 1.29 is 19.0 Å². The van der Waals surface area contributed by atoms with E-state index in [1.807, 2.05) is 0 Å². The zero-order valence-electron chi connectivity index (χ0n) is 10.5. The van der Waals surface area contributed by atoms with Crippen molar-refractivity contribution in [2.24, 2.45) is 11.8 Å². The van der Waals surface area contributed by atoms with Crippen LogP contribution in [0, 0.1) is 11.8 Å². The number of carbonyl (C=O) groups is 1. The Morgan fingerprint density at radius 2 is 2.00 bits per heavy atom. The quantitative estimate of drug-likeness (QED) is 0.551. The molecular weight excluding hydrogens is 222 g/mol. The molecule has 2 bridgehead atoms. The van der Waals surface area contributed by atoms with Crippen LogP contribution in [0.25, 0.3) is 0 Å². The fourth-order valence-corrected chi connectivity index (χ4v) is 2.83. The van der Waals surface area contributed by atoms with Crippen LogP contribution in [0.1, 0.15) is 6.42 Å². The van der Waals surface area contributed by atoms with Gasteiger partial charge in [0.05, 0.1) is 7.11 Å². The number of ether oxygens (including phenoxy) is 3. The molecule has 0 aromatic carbocycles. The Bertz CT molecular complexity index is 314. The predicted octanol–water partition coefficient (Wildman–Crippen LogP) is 1.25. The third kappa shape index (κ3) is 2.17. The normalized spacial score (nSPS) is 31.1. The Hall–Kier alpha value is -1.07. The van der Waals surface area contributed by atoms with E-state index >= 15 is 0 Å². The second-order valence-electron chi connectivity index (χ2n) is 4.49. The highest BCUT2D eigenvalue weighted by Gasteiger charge is 2.44. The molecule has 5 heteroatoms. The van der Waals surface area contributed by atoms with E-state index < -0.39 is 0 Å². The molecule has 3 atom stereocenters. The van der Waals surface area contributed by atoms with Gasteiger partial charge in [0, 0.05) is 32.7 Å². The minimum Gasteiger partial charge on any atom is -0.453 e. The summed E-state index contributed by atoms with van der Waals surface area (Å²) in [6.07, 6.45) is 4.62. The van der Waals surface area contributed by atoms with Gasteiger partial charge in [0.25, 0.3) is 0 Å². The van der Waals surface area contributed by atoms with Gasteiger partial charge >= 0.3 is 6.09 Å². The van der Waals surface area contributed by atoms with Crippen LogP contribution < -0.4 is 0 Å². The third-order valence-corrected chi connectivity index (χ3v) is 3.61. The van der Waals surface area contributed by atoms with E-state index in [0.717, 1.165) is 13.0 Å². The van der Waals surface area contributed by atoms with Crippen molar-refractivity contribution in [3.05, 3.63) is 12.2 Å². The number of rotatable bonds is 3. The van der Waals surface area contributed by atoms with Crippen molar-refractivity contribution >= 4 is 6.09 Å². The molecule has 2 rings (SSSR count). The number of nitrogens with zero attached hydrogens (tertiary/aromatic N) is 1. The van der Waals surface area contributed by atoms with Crippen LogP contribution >= 0.6 is 0 Å². The van der Waals surface area contributed by atoms with Gasteiger partial charge in [-0.2, -0.15) is 0 Å². The summed E-state index contributed by atoms with van der Waals surface area (Å²) in [4.78, 5) is 13.5. The van der Waals surface area contributed by atoms with Crippen molar-refractivity contribution in [3.63, 3.8) is 0 Å². The maximum atomic E-state index is 11.7. The molecule has 0 radical (unpaired) electrons. The summed E-state index contributed by atoms with van der Waals surface area (Å²) in [5.74, 6) is 0.507. The summed E-state index contributed by atoms with van der Waals surface area (Å²) in [6, 6.07) is 0.113. The van der Waals surface area contributed by atoms with Crippen molar-refractivity contribution in [2.45, 2.75) is 18.8 Å². The van der Waals surface area contributed by atoms with Gasteiger partial charge in [-0.15, -0.1) is 0 Å². The summed E-state index contributed by atoms with van der Waals surface area (Å²) >= 11 is 0. The lowest BCUT2D eigenvalue weighted by molar-refractivity contribution is -0.137. The summed E-state index contributed by atoms with van der Waals surface area (Å²) in [5, 5.41) is 0. The van der Waals surface area contributed by atoms with E-state index in [2.05, 4.69) is 12.2 Å². The predicted molar refractivity (Wildman–Crippen MR) is 61.4 cm³/mol. The van der Waals surface area contributed by atoms with E-state index in [4.69, 9.17) is 14.2 Å². The number of hydrogen-bond donors (Lipinski definition) is 0. The fourth-order valence-electron chi connectivity index (χ4n) is 2.83. The summed E-state index contributed by atoms with van der Waals surface area (Å²) in [7, 11) is 4.65. The van der Waals surface area contributed by atoms with Gasteiger partial charge in [0.15, 0.2) is 6.29 Å². The largest absolute Gasteiger partial charge is 0.453 e. The molecule has 0 aromatic heterocycles. The van der Waals surface area contributed by atoms with Crippen molar-refractivity contribution in [2.75, 3.05) is 27.9 Å². The monoisotopic (exact) mass is 241 g/mol. The van der Waals surface area contributed by atoms with Crippen LogP contribution in [0.5, 0.6) is 0 Å². The van der Waals surface area contributed by atoms with Crippen molar-refractivity contribution in [1.29, 1.82) is 0 Å². The molecule has 1 heterocycles. The smallest absolute Gasteiger partial charge is 0.409 e. The minimum atomic E-state index is -0.317. The zero-order valence-corrected chi connectivity index (χ0v) is 10.5. The first-order valence-electron chi connectivity index (χ1n) is 5.79. The molecule has 0 unspecified atom stereocenters. The van der Waals surface area contributed by atoms with Crippen LogP contribution in [0.2, 0.25) is 0 Å². The molecule has 0 saturated carbocycles. The molecule has 17 heavy (non-hydrogen) atoms. The molecule has 0 spiro atoms. The Morgan fingerprint density at radius 1 is 1.29 bits per heavy atom. The van der Waals surface area contributed by atoms with Gasteiger partial charge in [0.2, 0.25) is 0 Å². The van der Waals surface area contributed by atoms with Gasteiger partial charge in [-0.25, -0.2) is 4.79 Å². The summed E-state index contributed by atoms with van der Waals surface area (Å²) < 4.78 is 15.4. The van der Waals surface area contributed by atoms with Gasteiger partial charge in [-0.1, -0.05) is 12.2 Å². The van der Waals surface area contributed by atoms with Gasteiger partial charge in [-0.3, -0.25) is 0 Å². The molecular formula is C12H19NO4. The fraction of sp³-hybridized carbons (Fsp3) is 0.750. The standard InChI is InChI=1S/C12H19NO4/c1-15-11(16-2)9-5-4-8-6-10(9)13(7-8)12(14)17-3/h4-5,8-11H,6-7H2,1-3H3/t8-,9+,10-/m0/s1. The average Bonchev–Trinajstić information content (AvgIpc) is 2.70. The van der Waals surface area contributed by atoms with Crippen molar-refractivity contribution in [3.8, 4) is 0 Å². The Balaban J connectivity index is 2.16. The second kappa shape index (κ2) is 5.06. The molecule has 1 fully saturated rings. The van der Waals surface area contributed by atoms with Crippen LogP contribution in [-0.4, -0.2) is 51.2 Å². The molecule has 96 valence electrons. The molecule has 0 N–H and O–H groups in total. The first-order chi connectivity index (χ1) is 8.21. The first kappa shape index (κ1) is 12.4. The lowest BCUT2D eigenvalue weighted by Gasteiger charge is -2.33. The SMILES string of the molecule is COC(=O)N1C[C@H]2C=C[C@@H](C(OC)OC)[C@@H]1C2. The van der Waals surface area contributed by atoms with E-state index in [-0.39, 0.29) is 24.3 Å². The number of hydrogen-bond acceptors (Lipinski definition) is 4. The highest BCUT2D eigenvalue weighted by Crippen LogP contribution is 2.37. The molecule has 1 aliphatic carbocycles. The molecule has 1 saturated heterocycles. The number of carbonyl (C=O) groups excluding carboxylic acids is 1. The van der Waals surface area contributed by atoms with E-state index in [9.17, 15) is 4.79 Å². The Kier molecular flexibility index (Phi) is 3.69. The van der Waals surface area contributed by atoms with Gasteiger partial charge in [0.1, 0.15) is 0 Å². The summed E-state index contributed by atoms with van der Waals surface area (Å²) in [5.41, 5.74) is 0. The lowest BCUT2D eigenvalue weighted by atomic mass is 9.87. The Morgan fingerprint density at radius 3 is 2.59 bits per heavy atom. The topological polar surface area (TPSA) is 48.0 Å². The maximum Gasteiger partial charge on any atom is 0.409 e. The minimum absolute atomic E-state index is 0.0721. The number of amides is 1. The molecule has 1 amide bonds. The van der Waals surface area contributed by atoms with E-state index in [1.165, 1.54) is 7.11 Å². The van der Waals surface area contributed by atoms with Crippen LogP contribution in [0.4, 0.5) is 4.79 Å². The van der Waals surface area contributed by atoms with E-state index in [1.54, 1.807) is 19.1 Å². The molecule has 0 aromatic rings. The van der Waals surface area contributed by atoms with Gasteiger partial charge in [-0.05, 0) is 12.3 Å². The zero-order chi connectivity index (χ0) is 12.4. The number of likely N-dealkylation sites (tertiary alicyclic amines) is 1. The maximum absolute atomic E-state index is 11.7. The summed E-state index contributed by atoms with van der Waals surface area (Å²) in [6.45, 7) is 0.727. The van der Waals surface area contributed by atoms with E-state index in [0.29, 0.717) is 5.92 Å². The second-order valence-corrected chi connectivity index (χ2v) is 4.49. The molecule has 1 aliphatic heterocycles. The van der Waals surface area contributed by atoms with Crippen LogP contribution in [-0.2, 0) is 14.2 Å².